The summed E-state index contributed by atoms with van der Waals surface area (Å²) in [6.45, 7) is 2.86. The van der Waals surface area contributed by atoms with Crippen LogP contribution in [0.2, 0.25) is 0 Å². The van der Waals surface area contributed by atoms with Gasteiger partial charge in [0.15, 0.2) is 11.6 Å². The Hall–Kier alpha value is -2.38. The van der Waals surface area contributed by atoms with E-state index >= 15 is 0 Å². The average Bonchev–Trinajstić information content (AvgIpc) is 2.56. The minimum absolute atomic E-state index is 0.478. The van der Waals surface area contributed by atoms with E-state index in [-0.39, 0.29) is 0 Å². The lowest BCUT2D eigenvalue weighted by atomic mass is 10.3. The Morgan fingerprint density at radius 2 is 1.81 bits per heavy atom. The molecule has 2 aromatic rings. The van der Waals surface area contributed by atoms with Crippen molar-refractivity contribution < 1.29 is 4.74 Å². The smallest absolute Gasteiger partial charge is 0.176 e. The molecule has 0 bridgehead atoms. The van der Waals surface area contributed by atoms with Crippen LogP contribution in [0, 0.1) is 0 Å². The van der Waals surface area contributed by atoms with Crippen LogP contribution in [0.15, 0.2) is 36.7 Å². The van der Waals surface area contributed by atoms with Crippen molar-refractivity contribution in [1.82, 2.24) is 9.97 Å². The number of hydrazine groups is 1. The maximum Gasteiger partial charge on any atom is 0.176 e. The first kappa shape index (κ1) is 13.6. The van der Waals surface area contributed by atoms with E-state index in [2.05, 4.69) is 14.9 Å². The van der Waals surface area contributed by atoms with Crippen molar-refractivity contribution in [2.75, 3.05) is 41.9 Å². The summed E-state index contributed by atoms with van der Waals surface area (Å²) < 4.78 is 5.35. The van der Waals surface area contributed by atoms with Gasteiger partial charge in [-0.25, -0.2) is 15.8 Å². The van der Waals surface area contributed by atoms with E-state index < -0.39 is 0 Å². The van der Waals surface area contributed by atoms with Gasteiger partial charge in [-0.2, -0.15) is 0 Å². The van der Waals surface area contributed by atoms with Gasteiger partial charge in [0.05, 0.1) is 18.9 Å². The Morgan fingerprint density at radius 1 is 1.10 bits per heavy atom. The summed E-state index contributed by atoms with van der Waals surface area (Å²) in [6.07, 6.45) is 1.49. The van der Waals surface area contributed by atoms with Crippen molar-refractivity contribution in [2.45, 2.75) is 0 Å². The molecule has 0 unspecified atom stereocenters. The zero-order valence-corrected chi connectivity index (χ0v) is 11.6. The van der Waals surface area contributed by atoms with Gasteiger partial charge in [0.1, 0.15) is 12.0 Å². The molecule has 1 aliphatic rings. The number of hydrogen-bond donors (Lipinski definition) is 2. The summed E-state index contributed by atoms with van der Waals surface area (Å²) in [5.41, 5.74) is 7.52. The molecule has 7 nitrogen and oxygen atoms in total. The molecule has 1 aliphatic heterocycles. The molecular formula is C14H18N6O. The van der Waals surface area contributed by atoms with Crippen molar-refractivity contribution in [3.63, 3.8) is 0 Å². The molecule has 21 heavy (non-hydrogen) atoms. The van der Waals surface area contributed by atoms with E-state index in [0.29, 0.717) is 30.5 Å². The van der Waals surface area contributed by atoms with Gasteiger partial charge in [0.25, 0.3) is 0 Å². The van der Waals surface area contributed by atoms with Crippen LogP contribution in [0.4, 0.5) is 23.0 Å². The second kappa shape index (κ2) is 5.94. The maximum atomic E-state index is 6.22. The molecule has 0 atom stereocenters. The number of ether oxygens (including phenoxy) is 1. The monoisotopic (exact) mass is 286 g/mol. The van der Waals surface area contributed by atoms with E-state index in [1.165, 1.54) is 11.3 Å². The summed E-state index contributed by atoms with van der Waals surface area (Å²) in [7, 11) is 0. The van der Waals surface area contributed by atoms with Crippen LogP contribution >= 0.6 is 0 Å². The third-order valence-electron chi connectivity index (χ3n) is 3.42. The van der Waals surface area contributed by atoms with Gasteiger partial charge in [-0.3, -0.25) is 5.01 Å². The molecule has 0 radical (unpaired) electrons. The first-order valence-corrected chi connectivity index (χ1v) is 6.80. The number of rotatable bonds is 3. The van der Waals surface area contributed by atoms with E-state index in [1.54, 1.807) is 0 Å². The molecule has 3 rings (SSSR count). The quantitative estimate of drug-likeness (QED) is 0.639. The number of morpholine rings is 1. The second-order valence-corrected chi connectivity index (χ2v) is 4.74. The number of para-hydroxylation sites is 1. The lowest BCUT2D eigenvalue weighted by Gasteiger charge is -2.29. The molecule has 2 heterocycles. The van der Waals surface area contributed by atoms with E-state index in [9.17, 15) is 0 Å². The minimum Gasteiger partial charge on any atom is -0.393 e. The summed E-state index contributed by atoms with van der Waals surface area (Å²) in [6, 6.07) is 9.55. The number of nitrogen functional groups attached to an aromatic ring is 1. The Morgan fingerprint density at radius 3 is 2.52 bits per heavy atom. The third kappa shape index (κ3) is 2.74. The van der Waals surface area contributed by atoms with Gasteiger partial charge < -0.3 is 15.4 Å². The van der Waals surface area contributed by atoms with E-state index in [0.717, 1.165) is 18.8 Å². The summed E-state index contributed by atoms with van der Waals surface area (Å²) in [4.78, 5) is 10.6. The normalized spacial score (nSPS) is 15.0. The zero-order chi connectivity index (χ0) is 14.7. The standard InChI is InChI=1S/C14H18N6O/c15-12-13(19-6-8-21-9-7-19)17-10-18-14(12)20(16)11-4-2-1-3-5-11/h1-5,10H,6-9,15-16H2. The predicted octanol–water partition coefficient (Wildman–Crippen LogP) is 0.907. The predicted molar refractivity (Wildman–Crippen MR) is 82.2 cm³/mol. The minimum atomic E-state index is 0.478. The van der Waals surface area contributed by atoms with E-state index in [4.69, 9.17) is 16.3 Å². The Bertz CT molecular complexity index is 600. The topological polar surface area (TPSA) is 93.5 Å². The molecule has 0 aliphatic carbocycles. The Labute approximate surface area is 123 Å². The van der Waals surface area contributed by atoms with E-state index in [1.807, 2.05) is 30.3 Å². The fraction of sp³-hybridized carbons (Fsp3) is 0.286. The zero-order valence-electron chi connectivity index (χ0n) is 11.6. The number of anilines is 4. The third-order valence-corrected chi connectivity index (χ3v) is 3.42. The highest BCUT2D eigenvalue weighted by molar-refractivity contribution is 5.79. The highest BCUT2D eigenvalue weighted by atomic mass is 16.5. The van der Waals surface area contributed by atoms with Crippen LogP contribution in [0.25, 0.3) is 0 Å². The Kier molecular flexibility index (Phi) is 3.85. The molecule has 7 heteroatoms. The van der Waals surface area contributed by atoms with Crippen molar-refractivity contribution >= 4 is 23.0 Å². The lowest BCUT2D eigenvalue weighted by Crippen LogP contribution is -2.38. The van der Waals surface area contributed by atoms with Crippen LogP contribution in [-0.2, 0) is 4.74 Å². The van der Waals surface area contributed by atoms with Gasteiger partial charge in [-0.15, -0.1) is 0 Å². The van der Waals surface area contributed by atoms with Crippen molar-refractivity contribution in [3.8, 4) is 0 Å². The highest BCUT2D eigenvalue weighted by Gasteiger charge is 2.20. The fourth-order valence-corrected chi connectivity index (χ4v) is 2.31. The Balaban J connectivity index is 1.92. The van der Waals surface area contributed by atoms with Crippen LogP contribution in [-0.4, -0.2) is 36.3 Å². The molecule has 1 aromatic carbocycles. The van der Waals surface area contributed by atoms with Crippen LogP contribution in [0.5, 0.6) is 0 Å². The van der Waals surface area contributed by atoms with Gasteiger partial charge in [0, 0.05) is 13.1 Å². The first-order chi connectivity index (χ1) is 10.3. The number of hydrogen-bond acceptors (Lipinski definition) is 7. The average molecular weight is 286 g/mol. The van der Waals surface area contributed by atoms with Crippen molar-refractivity contribution in [2.24, 2.45) is 5.84 Å². The molecule has 1 aromatic heterocycles. The maximum absolute atomic E-state index is 6.22. The summed E-state index contributed by atoms with van der Waals surface area (Å²) >= 11 is 0. The number of benzene rings is 1. The van der Waals surface area contributed by atoms with Gasteiger partial charge >= 0.3 is 0 Å². The fourth-order valence-electron chi connectivity index (χ4n) is 2.31. The molecule has 110 valence electrons. The number of nitrogens with zero attached hydrogens (tertiary/aromatic N) is 4. The van der Waals surface area contributed by atoms with Crippen molar-refractivity contribution in [3.05, 3.63) is 36.7 Å². The SMILES string of the molecule is Nc1c(N2CCOCC2)ncnc1N(N)c1ccccc1. The molecule has 0 spiro atoms. The molecule has 0 amide bonds. The van der Waals surface area contributed by atoms with Crippen LogP contribution in [0.3, 0.4) is 0 Å². The number of nitrogens with two attached hydrogens (primary N) is 2. The van der Waals surface area contributed by atoms with Crippen LogP contribution < -0.4 is 21.5 Å². The number of aromatic nitrogens is 2. The second-order valence-electron chi connectivity index (χ2n) is 4.74. The molecule has 1 saturated heterocycles. The lowest BCUT2D eigenvalue weighted by molar-refractivity contribution is 0.122. The highest BCUT2D eigenvalue weighted by Crippen LogP contribution is 2.31. The van der Waals surface area contributed by atoms with Gasteiger partial charge in [0.2, 0.25) is 0 Å². The summed E-state index contributed by atoms with van der Waals surface area (Å²) in [5.74, 6) is 7.34. The molecule has 4 N–H and O–H groups in total. The van der Waals surface area contributed by atoms with Gasteiger partial charge in [-0.05, 0) is 12.1 Å². The molecule has 0 saturated carbocycles. The molecule has 1 fully saturated rings. The van der Waals surface area contributed by atoms with Gasteiger partial charge in [-0.1, -0.05) is 18.2 Å². The van der Waals surface area contributed by atoms with Crippen molar-refractivity contribution in [1.29, 1.82) is 0 Å². The first-order valence-electron chi connectivity index (χ1n) is 6.80. The van der Waals surface area contributed by atoms with Crippen LogP contribution in [0.1, 0.15) is 0 Å². The summed E-state index contributed by atoms with van der Waals surface area (Å²) in [5, 5.41) is 1.47. The molecular weight excluding hydrogens is 268 g/mol. The largest absolute Gasteiger partial charge is 0.393 e.